The Morgan fingerprint density at radius 2 is 1.60 bits per heavy atom. The third kappa shape index (κ3) is 2.55. The fraction of sp³-hybridized carbons (Fsp3) is 0. The Morgan fingerprint density at radius 1 is 0.950 bits per heavy atom. The van der Waals surface area contributed by atoms with E-state index in [9.17, 15) is 21.6 Å². The Kier molecular flexibility index (Phi) is 3.58. The Hall–Kier alpha value is -2.22. The van der Waals surface area contributed by atoms with Gasteiger partial charge in [0.1, 0.15) is 16.4 Å². The monoisotopic (exact) mass is 302 g/mol. The van der Waals surface area contributed by atoms with Gasteiger partial charge in [0.15, 0.2) is 11.6 Å². The van der Waals surface area contributed by atoms with Crippen LogP contribution in [0.5, 0.6) is 0 Å². The summed E-state index contributed by atoms with van der Waals surface area (Å²) in [6.45, 7) is 0. The van der Waals surface area contributed by atoms with Gasteiger partial charge in [-0.15, -0.1) is 0 Å². The van der Waals surface area contributed by atoms with E-state index in [4.69, 9.17) is 5.73 Å². The topological polar surface area (TPSA) is 72.2 Å². The van der Waals surface area contributed by atoms with Gasteiger partial charge in [0, 0.05) is 0 Å². The number of hydrogen-bond donors (Lipinski definition) is 2. The highest BCUT2D eigenvalue weighted by atomic mass is 32.2. The number of hydrogen-bond acceptors (Lipinski definition) is 3. The first-order valence-corrected chi connectivity index (χ1v) is 6.82. The lowest BCUT2D eigenvalue weighted by Gasteiger charge is -2.12. The standard InChI is InChI=1S/C12H9F3N2O2S/c13-7-3-1-2-4-10(7)20(18,19)17-12-9(16)6-5-8(14)11(12)15/h1-6,17H,16H2. The van der Waals surface area contributed by atoms with Gasteiger partial charge in [-0.2, -0.15) is 0 Å². The highest BCUT2D eigenvalue weighted by molar-refractivity contribution is 7.92. The smallest absolute Gasteiger partial charge is 0.264 e. The highest BCUT2D eigenvalue weighted by Crippen LogP contribution is 2.27. The molecule has 0 unspecified atom stereocenters. The molecule has 0 aliphatic heterocycles. The minimum absolute atomic E-state index is 0.316. The van der Waals surface area contributed by atoms with Crippen LogP contribution in [-0.2, 0) is 10.0 Å². The number of benzene rings is 2. The largest absolute Gasteiger partial charge is 0.397 e. The van der Waals surface area contributed by atoms with E-state index in [1.807, 2.05) is 0 Å². The van der Waals surface area contributed by atoms with Gasteiger partial charge in [0.2, 0.25) is 0 Å². The van der Waals surface area contributed by atoms with E-state index in [2.05, 4.69) is 0 Å². The molecule has 0 saturated heterocycles. The first-order chi connectivity index (χ1) is 9.33. The quantitative estimate of drug-likeness (QED) is 0.856. The van der Waals surface area contributed by atoms with Crippen molar-refractivity contribution in [3.8, 4) is 0 Å². The SMILES string of the molecule is Nc1ccc(F)c(F)c1NS(=O)(=O)c1ccccc1F. The molecule has 0 fully saturated rings. The summed E-state index contributed by atoms with van der Waals surface area (Å²) >= 11 is 0. The van der Waals surface area contributed by atoms with Crippen LogP contribution in [-0.4, -0.2) is 8.42 Å². The lowest BCUT2D eigenvalue weighted by atomic mass is 10.2. The van der Waals surface area contributed by atoms with Crippen LogP contribution in [0.1, 0.15) is 0 Å². The summed E-state index contributed by atoms with van der Waals surface area (Å²) in [6.07, 6.45) is 0. The number of rotatable bonds is 3. The molecule has 0 aromatic heterocycles. The molecule has 0 aliphatic rings. The normalized spacial score (nSPS) is 11.3. The van der Waals surface area contributed by atoms with Gasteiger partial charge in [-0.1, -0.05) is 12.1 Å². The zero-order valence-corrected chi connectivity index (χ0v) is 10.7. The van der Waals surface area contributed by atoms with Crippen molar-refractivity contribution in [2.75, 3.05) is 10.5 Å². The molecule has 0 bridgehead atoms. The molecule has 0 saturated carbocycles. The number of nitrogen functional groups attached to an aromatic ring is 1. The molecule has 106 valence electrons. The first-order valence-electron chi connectivity index (χ1n) is 5.34. The summed E-state index contributed by atoms with van der Waals surface area (Å²) in [5.74, 6) is -3.74. The average molecular weight is 302 g/mol. The van der Waals surface area contributed by atoms with Crippen LogP contribution in [0.3, 0.4) is 0 Å². The summed E-state index contributed by atoms with van der Waals surface area (Å²) in [4.78, 5) is -0.692. The molecular weight excluding hydrogens is 293 g/mol. The lowest BCUT2D eigenvalue weighted by Crippen LogP contribution is -2.17. The van der Waals surface area contributed by atoms with Crippen molar-refractivity contribution in [1.29, 1.82) is 0 Å². The van der Waals surface area contributed by atoms with E-state index in [1.54, 1.807) is 4.72 Å². The van der Waals surface area contributed by atoms with Crippen LogP contribution in [0.25, 0.3) is 0 Å². The maximum absolute atomic E-state index is 13.5. The molecule has 20 heavy (non-hydrogen) atoms. The predicted octanol–water partition coefficient (Wildman–Crippen LogP) is 2.49. The fourth-order valence-electron chi connectivity index (χ4n) is 1.52. The Morgan fingerprint density at radius 3 is 2.25 bits per heavy atom. The van der Waals surface area contributed by atoms with Crippen LogP contribution < -0.4 is 10.5 Å². The first kappa shape index (κ1) is 14.2. The molecule has 0 heterocycles. The number of sulfonamides is 1. The molecule has 0 atom stereocenters. The molecular formula is C12H9F3N2O2S. The maximum Gasteiger partial charge on any atom is 0.264 e. The van der Waals surface area contributed by atoms with Crippen molar-refractivity contribution in [1.82, 2.24) is 0 Å². The molecule has 0 spiro atoms. The van der Waals surface area contributed by atoms with E-state index in [-0.39, 0.29) is 5.69 Å². The van der Waals surface area contributed by atoms with Crippen molar-refractivity contribution >= 4 is 21.4 Å². The average Bonchev–Trinajstić information content (AvgIpc) is 2.39. The molecule has 2 aromatic carbocycles. The minimum Gasteiger partial charge on any atom is -0.397 e. The molecule has 4 nitrogen and oxygen atoms in total. The van der Waals surface area contributed by atoms with Gasteiger partial charge < -0.3 is 5.73 Å². The van der Waals surface area contributed by atoms with Gasteiger partial charge in [0.05, 0.1) is 5.69 Å². The fourth-order valence-corrected chi connectivity index (χ4v) is 2.69. The van der Waals surface area contributed by atoms with Crippen LogP contribution in [0.15, 0.2) is 41.3 Å². The summed E-state index contributed by atoms with van der Waals surface area (Å²) in [7, 11) is -4.42. The zero-order valence-electron chi connectivity index (χ0n) is 9.90. The van der Waals surface area contributed by atoms with Crippen LogP contribution in [0, 0.1) is 17.5 Å². The third-order valence-corrected chi connectivity index (χ3v) is 3.87. The van der Waals surface area contributed by atoms with E-state index in [0.717, 1.165) is 24.3 Å². The van der Waals surface area contributed by atoms with Gasteiger partial charge >= 0.3 is 0 Å². The predicted molar refractivity (Wildman–Crippen MR) is 68.0 cm³/mol. The minimum atomic E-state index is -4.42. The second-order valence-corrected chi connectivity index (χ2v) is 5.51. The van der Waals surface area contributed by atoms with Crippen molar-refractivity contribution < 1.29 is 21.6 Å². The van der Waals surface area contributed by atoms with E-state index in [1.165, 1.54) is 12.1 Å². The molecule has 2 aromatic rings. The molecule has 0 aliphatic carbocycles. The Balaban J connectivity index is 2.50. The van der Waals surface area contributed by atoms with Gasteiger partial charge in [-0.05, 0) is 24.3 Å². The summed E-state index contributed by atoms with van der Waals surface area (Å²) in [5, 5.41) is 0. The Bertz CT molecular complexity index is 763. The van der Waals surface area contributed by atoms with Gasteiger partial charge in [0.25, 0.3) is 10.0 Å². The summed E-state index contributed by atoms with van der Waals surface area (Å²) in [6, 6.07) is 6.27. The number of nitrogens with two attached hydrogens (primary N) is 1. The molecule has 2 rings (SSSR count). The van der Waals surface area contributed by atoms with Crippen molar-refractivity contribution in [2.45, 2.75) is 4.90 Å². The summed E-state index contributed by atoms with van der Waals surface area (Å²) in [5.41, 5.74) is 4.31. The number of nitrogens with one attached hydrogen (secondary N) is 1. The van der Waals surface area contributed by atoms with E-state index in [0.29, 0.717) is 0 Å². The van der Waals surface area contributed by atoms with Crippen molar-refractivity contribution in [3.05, 3.63) is 53.8 Å². The highest BCUT2D eigenvalue weighted by Gasteiger charge is 2.22. The zero-order chi connectivity index (χ0) is 14.9. The Labute approximate surface area is 113 Å². The second-order valence-electron chi connectivity index (χ2n) is 3.86. The van der Waals surface area contributed by atoms with E-state index < -0.39 is 38.1 Å². The van der Waals surface area contributed by atoms with Gasteiger partial charge in [-0.3, -0.25) is 4.72 Å². The lowest BCUT2D eigenvalue weighted by molar-refractivity contribution is 0.512. The molecule has 3 N–H and O–H groups in total. The van der Waals surface area contributed by atoms with Crippen LogP contribution in [0.2, 0.25) is 0 Å². The second kappa shape index (κ2) is 5.04. The number of halogens is 3. The third-order valence-electron chi connectivity index (χ3n) is 2.49. The molecule has 0 amide bonds. The van der Waals surface area contributed by atoms with Crippen LogP contribution in [0.4, 0.5) is 24.5 Å². The van der Waals surface area contributed by atoms with Crippen molar-refractivity contribution in [3.63, 3.8) is 0 Å². The van der Waals surface area contributed by atoms with E-state index >= 15 is 0 Å². The molecule has 0 radical (unpaired) electrons. The number of anilines is 2. The summed E-state index contributed by atoms with van der Waals surface area (Å²) < 4.78 is 65.7. The van der Waals surface area contributed by atoms with Crippen molar-refractivity contribution in [2.24, 2.45) is 0 Å². The molecule has 8 heteroatoms. The van der Waals surface area contributed by atoms with Crippen LogP contribution >= 0.6 is 0 Å². The van der Waals surface area contributed by atoms with Gasteiger partial charge in [-0.25, -0.2) is 21.6 Å². The maximum atomic E-state index is 13.5.